The molecular formula is C14H16N2O4S. The van der Waals surface area contributed by atoms with Crippen LogP contribution in [0.4, 0.5) is 5.69 Å². The number of sulfonamides is 1. The Morgan fingerprint density at radius 1 is 1.33 bits per heavy atom. The quantitative estimate of drug-likeness (QED) is 0.879. The first-order valence-corrected chi connectivity index (χ1v) is 7.86. The predicted octanol–water partition coefficient (Wildman–Crippen LogP) is 1.81. The Balaban J connectivity index is 2.04. The number of hydrogen-bond donors (Lipinski definition) is 2. The summed E-state index contributed by atoms with van der Waals surface area (Å²) in [5.41, 5.74) is 0.931. The van der Waals surface area contributed by atoms with E-state index >= 15 is 0 Å². The lowest BCUT2D eigenvalue weighted by molar-refractivity contribution is -0.116. The molecule has 2 rings (SSSR count). The fourth-order valence-electron chi connectivity index (χ4n) is 1.90. The number of nitrogens with one attached hydrogen (secondary N) is 1. The Kier molecular flexibility index (Phi) is 4.44. The van der Waals surface area contributed by atoms with Crippen LogP contribution in [0.2, 0.25) is 0 Å². The molecule has 0 bridgehead atoms. The van der Waals surface area contributed by atoms with Gasteiger partial charge in [0.2, 0.25) is 15.9 Å². The number of rotatable bonds is 5. The van der Waals surface area contributed by atoms with Crippen LogP contribution in [0.25, 0.3) is 0 Å². The van der Waals surface area contributed by atoms with Gasteiger partial charge in [-0.1, -0.05) is 6.07 Å². The largest absolute Gasteiger partial charge is 0.469 e. The highest BCUT2D eigenvalue weighted by atomic mass is 32.2. The molecule has 0 fully saturated rings. The summed E-state index contributed by atoms with van der Waals surface area (Å²) in [6.45, 7) is 1.64. The average molecular weight is 308 g/mol. The van der Waals surface area contributed by atoms with Crippen molar-refractivity contribution in [1.82, 2.24) is 0 Å². The number of amides is 1. The van der Waals surface area contributed by atoms with E-state index in [4.69, 9.17) is 9.56 Å². The fraction of sp³-hybridized carbons (Fsp3) is 0.214. The van der Waals surface area contributed by atoms with Gasteiger partial charge in [-0.2, -0.15) is 0 Å². The lowest BCUT2D eigenvalue weighted by Gasteiger charge is -2.08. The number of primary sulfonamides is 1. The van der Waals surface area contributed by atoms with Crippen LogP contribution in [0.3, 0.4) is 0 Å². The van der Waals surface area contributed by atoms with Crippen molar-refractivity contribution in [2.24, 2.45) is 5.14 Å². The summed E-state index contributed by atoms with van der Waals surface area (Å²) >= 11 is 0. The molecule has 3 N–H and O–H groups in total. The predicted molar refractivity (Wildman–Crippen MR) is 78.2 cm³/mol. The molecule has 0 radical (unpaired) electrons. The molecule has 7 heteroatoms. The van der Waals surface area contributed by atoms with E-state index in [2.05, 4.69) is 5.32 Å². The van der Waals surface area contributed by atoms with Crippen molar-refractivity contribution < 1.29 is 17.6 Å². The van der Waals surface area contributed by atoms with Gasteiger partial charge >= 0.3 is 0 Å². The van der Waals surface area contributed by atoms with Gasteiger partial charge in [-0.3, -0.25) is 4.79 Å². The second kappa shape index (κ2) is 6.11. The van der Waals surface area contributed by atoms with Crippen molar-refractivity contribution in [2.75, 3.05) is 5.32 Å². The maximum Gasteiger partial charge on any atom is 0.238 e. The van der Waals surface area contributed by atoms with Crippen LogP contribution in [0.15, 0.2) is 45.9 Å². The maximum atomic E-state index is 11.8. The highest BCUT2D eigenvalue weighted by Gasteiger charge is 2.13. The standard InChI is InChI=1S/C14H16N2O4S/c1-10-4-5-11(9-13(10)21(15,18)19)16-14(17)7-6-12-3-2-8-20-12/h2-5,8-9H,6-7H2,1H3,(H,16,17)(H2,15,18,19). The van der Waals surface area contributed by atoms with Gasteiger partial charge in [0, 0.05) is 18.5 Å². The molecule has 1 amide bonds. The number of aryl methyl sites for hydroxylation is 2. The third-order valence-electron chi connectivity index (χ3n) is 2.96. The van der Waals surface area contributed by atoms with E-state index in [0.717, 1.165) is 5.76 Å². The normalized spacial score (nSPS) is 11.3. The summed E-state index contributed by atoms with van der Waals surface area (Å²) in [5, 5.41) is 7.77. The number of carbonyl (C=O) groups is 1. The topological polar surface area (TPSA) is 102 Å². The first kappa shape index (κ1) is 15.3. The van der Waals surface area contributed by atoms with Crippen molar-refractivity contribution in [2.45, 2.75) is 24.7 Å². The molecule has 0 aliphatic heterocycles. The monoisotopic (exact) mass is 308 g/mol. The van der Waals surface area contributed by atoms with Crippen LogP contribution in [0, 0.1) is 6.92 Å². The lowest BCUT2D eigenvalue weighted by atomic mass is 10.2. The number of furan rings is 1. The van der Waals surface area contributed by atoms with Crippen LogP contribution in [-0.2, 0) is 21.2 Å². The first-order chi connectivity index (χ1) is 9.86. The summed E-state index contributed by atoms with van der Waals surface area (Å²) in [7, 11) is -3.81. The molecule has 0 unspecified atom stereocenters. The molecule has 1 aromatic heterocycles. The lowest BCUT2D eigenvalue weighted by Crippen LogP contribution is -2.16. The van der Waals surface area contributed by atoms with Crippen molar-refractivity contribution in [3.8, 4) is 0 Å². The Morgan fingerprint density at radius 3 is 2.71 bits per heavy atom. The number of hydrogen-bond acceptors (Lipinski definition) is 4. The van der Waals surface area contributed by atoms with E-state index in [1.807, 2.05) is 0 Å². The van der Waals surface area contributed by atoms with E-state index in [-0.39, 0.29) is 17.2 Å². The van der Waals surface area contributed by atoms with Gasteiger partial charge in [-0.25, -0.2) is 13.6 Å². The second-order valence-corrected chi connectivity index (χ2v) is 6.18. The molecule has 0 aliphatic carbocycles. The zero-order valence-electron chi connectivity index (χ0n) is 11.5. The van der Waals surface area contributed by atoms with Crippen molar-refractivity contribution in [1.29, 1.82) is 0 Å². The first-order valence-electron chi connectivity index (χ1n) is 6.32. The third kappa shape index (κ3) is 4.17. The van der Waals surface area contributed by atoms with Gasteiger partial charge in [-0.15, -0.1) is 0 Å². The summed E-state index contributed by atoms with van der Waals surface area (Å²) < 4.78 is 28.0. The maximum absolute atomic E-state index is 11.8. The van der Waals surface area contributed by atoms with Crippen LogP contribution in [0.5, 0.6) is 0 Å². The number of benzene rings is 1. The minimum absolute atomic E-state index is 0.00587. The third-order valence-corrected chi connectivity index (χ3v) is 4.01. The summed E-state index contributed by atoms with van der Waals surface area (Å²) in [6.07, 6.45) is 2.27. The number of nitrogens with two attached hydrogens (primary N) is 1. The number of anilines is 1. The molecule has 1 aromatic carbocycles. The summed E-state index contributed by atoms with van der Waals surface area (Å²) in [5.74, 6) is 0.495. The fourth-order valence-corrected chi connectivity index (χ4v) is 2.71. The van der Waals surface area contributed by atoms with Crippen molar-refractivity contribution >= 4 is 21.6 Å². The van der Waals surface area contributed by atoms with Gasteiger partial charge in [0.05, 0.1) is 11.2 Å². The van der Waals surface area contributed by atoms with E-state index in [9.17, 15) is 13.2 Å². The van der Waals surface area contributed by atoms with Gasteiger partial charge in [-0.05, 0) is 36.8 Å². The molecule has 0 saturated carbocycles. The SMILES string of the molecule is Cc1ccc(NC(=O)CCc2ccco2)cc1S(N)(=O)=O. The van der Waals surface area contributed by atoms with E-state index in [1.54, 1.807) is 37.5 Å². The van der Waals surface area contributed by atoms with Crippen molar-refractivity contribution in [3.63, 3.8) is 0 Å². The second-order valence-electron chi connectivity index (χ2n) is 4.65. The Hall–Kier alpha value is -2.12. The summed E-state index contributed by atoms with van der Waals surface area (Å²) in [6, 6.07) is 8.13. The highest BCUT2D eigenvalue weighted by molar-refractivity contribution is 7.89. The van der Waals surface area contributed by atoms with Crippen molar-refractivity contribution in [3.05, 3.63) is 47.9 Å². The van der Waals surface area contributed by atoms with Crippen LogP contribution in [-0.4, -0.2) is 14.3 Å². The molecule has 2 aromatic rings. The summed E-state index contributed by atoms with van der Waals surface area (Å²) in [4.78, 5) is 11.8. The molecule has 112 valence electrons. The molecule has 0 saturated heterocycles. The Morgan fingerprint density at radius 2 is 2.10 bits per heavy atom. The molecule has 6 nitrogen and oxygen atoms in total. The molecule has 0 atom stereocenters. The smallest absolute Gasteiger partial charge is 0.238 e. The Bertz CT molecular complexity index is 736. The van der Waals surface area contributed by atoms with Crippen LogP contribution in [0.1, 0.15) is 17.7 Å². The van der Waals surface area contributed by atoms with Gasteiger partial charge < -0.3 is 9.73 Å². The highest BCUT2D eigenvalue weighted by Crippen LogP contribution is 2.19. The minimum Gasteiger partial charge on any atom is -0.469 e. The minimum atomic E-state index is -3.81. The van der Waals surface area contributed by atoms with Gasteiger partial charge in [0.15, 0.2) is 0 Å². The van der Waals surface area contributed by atoms with Gasteiger partial charge in [0.1, 0.15) is 5.76 Å². The van der Waals surface area contributed by atoms with E-state index in [1.165, 1.54) is 6.07 Å². The van der Waals surface area contributed by atoms with Crippen LogP contribution >= 0.6 is 0 Å². The molecule has 0 spiro atoms. The van der Waals surface area contributed by atoms with Gasteiger partial charge in [0.25, 0.3) is 0 Å². The average Bonchev–Trinajstić information content (AvgIpc) is 2.90. The molecule has 1 heterocycles. The molecular weight excluding hydrogens is 292 g/mol. The molecule has 21 heavy (non-hydrogen) atoms. The van der Waals surface area contributed by atoms with E-state index < -0.39 is 10.0 Å². The zero-order chi connectivity index (χ0) is 15.5. The Labute approximate surface area is 123 Å². The number of carbonyl (C=O) groups excluding carboxylic acids is 1. The zero-order valence-corrected chi connectivity index (χ0v) is 12.3. The van der Waals surface area contributed by atoms with E-state index in [0.29, 0.717) is 17.7 Å². The van der Waals surface area contributed by atoms with Crippen LogP contribution < -0.4 is 10.5 Å². The molecule has 0 aliphatic rings.